The Morgan fingerprint density at radius 1 is 1.14 bits per heavy atom. The minimum Gasteiger partial charge on any atom is -0.464 e. The number of thiazole rings is 2. The van der Waals surface area contributed by atoms with Crippen LogP contribution < -0.4 is 4.72 Å². The minimum absolute atomic E-state index is 0.0731. The van der Waals surface area contributed by atoms with E-state index in [2.05, 4.69) is 28.5 Å². The van der Waals surface area contributed by atoms with Crippen molar-refractivity contribution in [1.29, 1.82) is 0 Å². The number of aromatic nitrogens is 2. The Bertz CT molecular complexity index is 1410. The number of carbonyl (C=O) groups excluding carboxylic acids is 1. The molecule has 0 spiro atoms. The van der Waals surface area contributed by atoms with Gasteiger partial charge in [0.15, 0.2) is 0 Å². The predicted octanol–water partition coefficient (Wildman–Crippen LogP) is 5.04. The van der Waals surface area contributed by atoms with Crippen LogP contribution in [0, 0.1) is 5.92 Å². The lowest BCUT2D eigenvalue weighted by Crippen LogP contribution is -2.50. The molecule has 8 nitrogen and oxygen atoms in total. The van der Waals surface area contributed by atoms with Gasteiger partial charge in [-0.3, -0.25) is 4.79 Å². The molecule has 4 aromatic rings. The van der Waals surface area contributed by atoms with Gasteiger partial charge in [-0.1, -0.05) is 27.7 Å². The molecule has 36 heavy (non-hydrogen) atoms. The highest BCUT2D eigenvalue weighted by molar-refractivity contribution is 7.89. The van der Waals surface area contributed by atoms with Crippen molar-refractivity contribution in [3.63, 3.8) is 0 Å². The monoisotopic (exact) mass is 546 g/mol. The van der Waals surface area contributed by atoms with Crippen molar-refractivity contribution in [2.45, 2.75) is 57.5 Å². The van der Waals surface area contributed by atoms with Gasteiger partial charge >= 0.3 is 0 Å². The second kappa shape index (κ2) is 11.2. The quantitative estimate of drug-likeness (QED) is 0.282. The summed E-state index contributed by atoms with van der Waals surface area (Å²) in [6.07, 6.45) is 1.66. The fourth-order valence-electron chi connectivity index (χ4n) is 3.84. The highest BCUT2D eigenvalue weighted by Crippen LogP contribution is 2.23. The van der Waals surface area contributed by atoms with Crippen LogP contribution in [0.5, 0.6) is 0 Å². The average Bonchev–Trinajstić information content (AvgIpc) is 3.58. The van der Waals surface area contributed by atoms with Crippen molar-refractivity contribution >= 4 is 49.6 Å². The molecule has 0 unspecified atom stereocenters. The Morgan fingerprint density at radius 2 is 1.94 bits per heavy atom. The summed E-state index contributed by atoms with van der Waals surface area (Å²) in [5.74, 6) is 0.190. The van der Waals surface area contributed by atoms with Gasteiger partial charge in [0, 0.05) is 35.0 Å². The van der Waals surface area contributed by atoms with Crippen LogP contribution in [0.2, 0.25) is 0 Å². The van der Waals surface area contributed by atoms with Gasteiger partial charge in [0.05, 0.1) is 39.6 Å². The maximum Gasteiger partial charge on any atom is 0.241 e. The molecule has 1 N–H and O–H groups in total. The molecule has 0 aliphatic heterocycles. The third kappa shape index (κ3) is 6.39. The second-order valence-corrected chi connectivity index (χ2v) is 12.7. The molecule has 0 bridgehead atoms. The van der Waals surface area contributed by atoms with E-state index >= 15 is 0 Å². The van der Waals surface area contributed by atoms with Gasteiger partial charge in [-0.05, 0) is 30.2 Å². The summed E-state index contributed by atoms with van der Waals surface area (Å²) in [5.41, 5.74) is 3.73. The Kier molecular flexibility index (Phi) is 8.23. The number of furan rings is 1. The zero-order valence-electron chi connectivity index (χ0n) is 20.7. The fraction of sp³-hybridized carbons (Fsp3) is 0.400. The number of nitrogens with one attached hydrogen (secondary N) is 1. The predicted molar refractivity (Wildman–Crippen MR) is 143 cm³/mol. The lowest BCUT2D eigenvalue weighted by atomic mass is 10.1. The molecule has 0 saturated carbocycles. The van der Waals surface area contributed by atoms with Gasteiger partial charge in [-0.25, -0.2) is 18.4 Å². The summed E-state index contributed by atoms with van der Waals surface area (Å²) in [6.45, 7) is 9.01. The number of amides is 1. The Hall–Kier alpha value is -2.60. The molecule has 0 aliphatic carbocycles. The van der Waals surface area contributed by atoms with Crippen molar-refractivity contribution in [2.24, 2.45) is 5.92 Å². The highest BCUT2D eigenvalue weighted by Gasteiger charge is 2.31. The number of hydrogen-bond donors (Lipinski definition) is 1. The number of benzene rings is 1. The van der Waals surface area contributed by atoms with E-state index in [9.17, 15) is 13.2 Å². The molecule has 11 heteroatoms. The third-order valence-electron chi connectivity index (χ3n) is 5.54. The molecule has 0 saturated heterocycles. The van der Waals surface area contributed by atoms with E-state index in [4.69, 9.17) is 4.42 Å². The van der Waals surface area contributed by atoms with Gasteiger partial charge in [0.2, 0.25) is 15.9 Å². The van der Waals surface area contributed by atoms with Gasteiger partial charge < -0.3 is 9.32 Å². The first-order valence-electron chi connectivity index (χ1n) is 11.7. The van der Waals surface area contributed by atoms with E-state index in [1.807, 2.05) is 24.6 Å². The zero-order chi connectivity index (χ0) is 25.9. The molecule has 1 atom stereocenters. The normalized spacial score (nSPS) is 13.1. The van der Waals surface area contributed by atoms with Gasteiger partial charge in [0.1, 0.15) is 11.6 Å². The standard InChI is InChI=1S/C25H30N4O4S3/c1-16(2)11-29(12-20-14-35-24(27-20)17(3)4)25(30)22(10-19-13-34-15-26-19)28-36(31,32)21-5-6-23-18(9-21)7-8-33-23/h5-9,13-17,22,28H,10-12H2,1-4H3/t22-/m0/s1. The third-order valence-corrected chi connectivity index (χ3v) is 8.84. The largest absolute Gasteiger partial charge is 0.464 e. The SMILES string of the molecule is CC(C)CN(Cc1csc(C(C)C)n1)C(=O)[C@H](Cc1cscn1)NS(=O)(=O)c1ccc2occc2c1. The molecule has 4 rings (SSSR count). The first kappa shape index (κ1) is 26.5. The molecule has 1 amide bonds. The highest BCUT2D eigenvalue weighted by atomic mass is 32.2. The molecule has 0 aliphatic rings. The van der Waals surface area contributed by atoms with Crippen molar-refractivity contribution in [1.82, 2.24) is 19.6 Å². The number of fused-ring (bicyclic) bond motifs is 1. The van der Waals surface area contributed by atoms with E-state index < -0.39 is 16.1 Å². The van der Waals surface area contributed by atoms with E-state index in [0.717, 1.165) is 10.7 Å². The lowest BCUT2D eigenvalue weighted by Gasteiger charge is -2.28. The van der Waals surface area contributed by atoms with Crippen molar-refractivity contribution in [2.75, 3.05) is 6.54 Å². The first-order valence-corrected chi connectivity index (χ1v) is 15.0. The fourth-order valence-corrected chi connectivity index (χ4v) is 6.47. The van der Waals surface area contributed by atoms with E-state index in [-0.39, 0.29) is 23.1 Å². The Morgan fingerprint density at radius 3 is 2.61 bits per heavy atom. The van der Waals surface area contributed by atoms with Crippen LogP contribution >= 0.6 is 22.7 Å². The maximum atomic E-state index is 13.9. The van der Waals surface area contributed by atoms with Crippen LogP contribution in [0.25, 0.3) is 11.0 Å². The molecule has 0 fully saturated rings. The molecule has 3 aromatic heterocycles. The van der Waals surface area contributed by atoms with Crippen molar-refractivity contribution in [3.05, 3.63) is 63.2 Å². The number of rotatable bonds is 11. The zero-order valence-corrected chi connectivity index (χ0v) is 23.1. The average molecular weight is 547 g/mol. The van der Waals surface area contributed by atoms with Crippen LogP contribution in [0.3, 0.4) is 0 Å². The minimum atomic E-state index is -4.00. The van der Waals surface area contributed by atoms with Gasteiger partial charge in [0.25, 0.3) is 0 Å². The lowest BCUT2D eigenvalue weighted by molar-refractivity contribution is -0.134. The summed E-state index contributed by atoms with van der Waals surface area (Å²) < 4.78 is 34.8. The van der Waals surface area contributed by atoms with Crippen LogP contribution in [0.15, 0.2) is 56.1 Å². The molecule has 192 valence electrons. The molecule has 3 heterocycles. The van der Waals surface area contributed by atoms with Gasteiger partial charge in [-0.2, -0.15) is 4.72 Å². The maximum absolute atomic E-state index is 13.9. The van der Waals surface area contributed by atoms with E-state index in [1.54, 1.807) is 39.9 Å². The molecular formula is C25H30N4O4S3. The van der Waals surface area contributed by atoms with Crippen molar-refractivity contribution in [3.8, 4) is 0 Å². The van der Waals surface area contributed by atoms with Crippen LogP contribution in [0.4, 0.5) is 0 Å². The van der Waals surface area contributed by atoms with Crippen molar-refractivity contribution < 1.29 is 17.6 Å². The summed E-state index contributed by atoms with van der Waals surface area (Å²) >= 11 is 2.98. The molecular weight excluding hydrogens is 517 g/mol. The number of nitrogens with zero attached hydrogens (tertiary/aromatic N) is 3. The topological polar surface area (TPSA) is 105 Å². The number of sulfonamides is 1. The number of hydrogen-bond acceptors (Lipinski definition) is 8. The van der Waals surface area contributed by atoms with Crippen LogP contribution in [-0.2, 0) is 27.8 Å². The molecule has 0 radical (unpaired) electrons. The van der Waals surface area contributed by atoms with E-state index in [0.29, 0.717) is 35.7 Å². The van der Waals surface area contributed by atoms with Crippen LogP contribution in [0.1, 0.15) is 50.0 Å². The smallest absolute Gasteiger partial charge is 0.241 e. The Labute approximate surface area is 219 Å². The summed E-state index contributed by atoms with van der Waals surface area (Å²) in [5, 5.41) is 5.48. The summed E-state index contributed by atoms with van der Waals surface area (Å²) in [4.78, 5) is 24.6. The summed E-state index contributed by atoms with van der Waals surface area (Å²) in [7, 11) is -4.00. The van der Waals surface area contributed by atoms with Gasteiger partial charge in [-0.15, -0.1) is 22.7 Å². The van der Waals surface area contributed by atoms with E-state index in [1.165, 1.54) is 23.7 Å². The van der Waals surface area contributed by atoms with Crippen LogP contribution in [-0.4, -0.2) is 41.8 Å². The summed E-state index contributed by atoms with van der Waals surface area (Å²) in [6, 6.07) is 5.32. The number of carbonyl (C=O) groups is 1. The first-order chi connectivity index (χ1) is 17.1. The second-order valence-electron chi connectivity index (χ2n) is 9.42. The molecule has 1 aromatic carbocycles. The Balaban J connectivity index is 1.62.